The van der Waals surface area contributed by atoms with Gasteiger partial charge < -0.3 is 4.48 Å². The highest BCUT2D eigenvalue weighted by atomic mass is 15.3. The lowest BCUT2D eigenvalue weighted by Gasteiger charge is -2.37. The van der Waals surface area contributed by atoms with Crippen molar-refractivity contribution in [3.05, 3.63) is 48.6 Å². The first kappa shape index (κ1) is 12.0. The van der Waals surface area contributed by atoms with Gasteiger partial charge in [0.2, 0.25) is 0 Å². The smallest absolute Gasteiger partial charge is 0.114 e. The van der Waals surface area contributed by atoms with Crippen molar-refractivity contribution in [2.75, 3.05) is 20.6 Å². The van der Waals surface area contributed by atoms with Gasteiger partial charge in [0.05, 0.1) is 20.6 Å². The molecule has 0 aliphatic carbocycles. The minimum atomic E-state index is 0.559. The predicted octanol–water partition coefficient (Wildman–Crippen LogP) is 3.40. The Bertz CT molecular complexity index is 300. The Hall–Kier alpha value is -1.08. The number of likely N-dealkylation sites (N-methyl/N-ethyl adjacent to an activating group) is 1. The van der Waals surface area contributed by atoms with E-state index in [0.717, 1.165) is 17.4 Å². The first-order valence-corrected chi connectivity index (χ1v) is 5.60. The largest absolute Gasteiger partial charge is 0.319 e. The second-order valence-electron chi connectivity index (χ2n) is 4.58. The fourth-order valence-electron chi connectivity index (χ4n) is 2.27. The Morgan fingerprint density at radius 3 is 2.33 bits per heavy atom. The summed E-state index contributed by atoms with van der Waals surface area (Å²) in [5.41, 5.74) is 1.42. The molecular formula is C14H22N+. The topological polar surface area (TPSA) is 0 Å². The predicted molar refractivity (Wildman–Crippen MR) is 66.6 cm³/mol. The van der Waals surface area contributed by atoms with Crippen LogP contribution >= 0.6 is 0 Å². The Labute approximate surface area is 93.6 Å². The van der Waals surface area contributed by atoms with Crippen LogP contribution in [-0.2, 0) is 0 Å². The van der Waals surface area contributed by atoms with Crippen LogP contribution in [0.4, 0.5) is 0 Å². The summed E-state index contributed by atoms with van der Waals surface area (Å²) in [6.45, 7) is 7.10. The molecule has 0 amide bonds. The number of nitrogens with zero attached hydrogens (tertiary/aromatic N) is 1. The second-order valence-corrected chi connectivity index (χ2v) is 4.58. The lowest BCUT2D eigenvalue weighted by Crippen LogP contribution is -2.42. The van der Waals surface area contributed by atoms with Gasteiger partial charge >= 0.3 is 0 Å². The highest BCUT2D eigenvalue weighted by Crippen LogP contribution is 2.27. The van der Waals surface area contributed by atoms with Gasteiger partial charge in [0, 0.05) is 12.0 Å². The molecule has 1 nitrogen and oxygen atoms in total. The van der Waals surface area contributed by atoms with Crippen molar-refractivity contribution in [1.82, 2.24) is 0 Å². The van der Waals surface area contributed by atoms with E-state index < -0.39 is 0 Å². The van der Waals surface area contributed by atoms with Crippen LogP contribution in [0.2, 0.25) is 0 Å². The van der Waals surface area contributed by atoms with Gasteiger partial charge in [-0.05, 0) is 6.08 Å². The summed E-state index contributed by atoms with van der Waals surface area (Å²) in [4.78, 5) is 0. The molecule has 0 saturated heterocycles. The van der Waals surface area contributed by atoms with Crippen molar-refractivity contribution in [1.29, 1.82) is 0 Å². The molecule has 0 aromatic heterocycles. The first-order valence-electron chi connectivity index (χ1n) is 5.60. The average Bonchev–Trinajstić information content (AvgIpc) is 2.19. The Kier molecular flexibility index (Phi) is 4.10. The van der Waals surface area contributed by atoms with Crippen LogP contribution in [0, 0.1) is 0 Å². The van der Waals surface area contributed by atoms with Crippen LogP contribution in [0.3, 0.4) is 0 Å². The van der Waals surface area contributed by atoms with E-state index in [1.807, 2.05) is 6.08 Å². The first-order chi connectivity index (χ1) is 7.11. The van der Waals surface area contributed by atoms with Gasteiger partial charge in [0.15, 0.2) is 0 Å². The maximum Gasteiger partial charge on any atom is 0.114 e. The van der Waals surface area contributed by atoms with Crippen LogP contribution in [0.1, 0.15) is 24.9 Å². The van der Waals surface area contributed by atoms with E-state index in [1.54, 1.807) is 0 Å². The van der Waals surface area contributed by atoms with E-state index in [2.05, 4.69) is 57.9 Å². The van der Waals surface area contributed by atoms with Gasteiger partial charge in [-0.2, -0.15) is 0 Å². The molecular weight excluding hydrogens is 182 g/mol. The molecule has 0 radical (unpaired) electrons. The maximum atomic E-state index is 3.84. The number of rotatable bonds is 5. The Balaban J connectivity index is 2.93. The molecule has 0 aliphatic rings. The average molecular weight is 204 g/mol. The third-order valence-electron chi connectivity index (χ3n) is 3.01. The molecule has 1 heteroatoms. The van der Waals surface area contributed by atoms with Crippen molar-refractivity contribution in [3.8, 4) is 0 Å². The normalized spacial score (nSPS) is 13.5. The Morgan fingerprint density at radius 2 is 1.87 bits per heavy atom. The molecule has 1 rings (SSSR count). The summed E-state index contributed by atoms with van der Waals surface area (Å²) in [5, 5.41) is 0. The summed E-state index contributed by atoms with van der Waals surface area (Å²) in [6.07, 6.45) is 3.16. The van der Waals surface area contributed by atoms with E-state index in [-0.39, 0.29) is 0 Å². The van der Waals surface area contributed by atoms with Crippen molar-refractivity contribution < 1.29 is 4.48 Å². The van der Waals surface area contributed by atoms with Gasteiger partial charge in [-0.15, -0.1) is 0 Å². The zero-order valence-corrected chi connectivity index (χ0v) is 10.1. The van der Waals surface area contributed by atoms with Crippen LogP contribution in [-0.4, -0.2) is 25.1 Å². The van der Waals surface area contributed by atoms with Gasteiger partial charge in [0.25, 0.3) is 0 Å². The minimum absolute atomic E-state index is 0.559. The molecule has 0 heterocycles. The van der Waals surface area contributed by atoms with Crippen molar-refractivity contribution in [2.45, 2.75) is 19.4 Å². The minimum Gasteiger partial charge on any atom is -0.319 e. The molecule has 1 aromatic rings. The summed E-state index contributed by atoms with van der Waals surface area (Å²) in [5.74, 6) is 0. The van der Waals surface area contributed by atoms with E-state index in [1.165, 1.54) is 5.56 Å². The van der Waals surface area contributed by atoms with Crippen LogP contribution in [0.5, 0.6) is 0 Å². The highest BCUT2D eigenvalue weighted by Gasteiger charge is 2.26. The summed E-state index contributed by atoms with van der Waals surface area (Å²) in [7, 11) is 4.53. The van der Waals surface area contributed by atoms with Crippen LogP contribution < -0.4 is 0 Å². The van der Waals surface area contributed by atoms with Crippen molar-refractivity contribution in [2.24, 2.45) is 0 Å². The molecule has 0 N–H and O–H groups in total. The number of quaternary nitrogens is 1. The molecule has 1 aromatic carbocycles. The Morgan fingerprint density at radius 1 is 1.27 bits per heavy atom. The van der Waals surface area contributed by atoms with Crippen molar-refractivity contribution >= 4 is 0 Å². The van der Waals surface area contributed by atoms with Crippen LogP contribution in [0.15, 0.2) is 43.0 Å². The summed E-state index contributed by atoms with van der Waals surface area (Å²) < 4.78 is 0.976. The standard InChI is InChI=1S/C14H22N/c1-5-12-15(3,4)14(6-2)13-10-8-7-9-11-13/h5,7-11,14H,1,6,12H2,2-4H3/q+1. The molecule has 0 bridgehead atoms. The quantitative estimate of drug-likeness (QED) is 0.509. The highest BCUT2D eigenvalue weighted by molar-refractivity contribution is 5.17. The molecule has 0 spiro atoms. The molecule has 15 heavy (non-hydrogen) atoms. The summed E-state index contributed by atoms with van der Waals surface area (Å²) >= 11 is 0. The second kappa shape index (κ2) is 5.13. The molecule has 0 saturated carbocycles. The zero-order chi connectivity index (χ0) is 11.3. The van der Waals surface area contributed by atoms with E-state index in [0.29, 0.717) is 6.04 Å². The molecule has 1 unspecified atom stereocenters. The molecule has 82 valence electrons. The zero-order valence-electron chi connectivity index (χ0n) is 10.1. The third kappa shape index (κ3) is 2.93. The monoisotopic (exact) mass is 204 g/mol. The number of benzene rings is 1. The third-order valence-corrected chi connectivity index (χ3v) is 3.01. The number of hydrogen-bond acceptors (Lipinski definition) is 0. The van der Waals surface area contributed by atoms with Gasteiger partial charge in [-0.3, -0.25) is 0 Å². The number of hydrogen-bond donors (Lipinski definition) is 0. The molecule has 1 atom stereocenters. The van der Waals surface area contributed by atoms with E-state index in [4.69, 9.17) is 0 Å². The van der Waals surface area contributed by atoms with Crippen LogP contribution in [0.25, 0.3) is 0 Å². The molecule has 0 fully saturated rings. The molecule has 0 aliphatic heterocycles. The lowest BCUT2D eigenvalue weighted by atomic mass is 10.0. The van der Waals surface area contributed by atoms with Gasteiger partial charge in [-0.1, -0.05) is 43.8 Å². The maximum absolute atomic E-state index is 3.84. The van der Waals surface area contributed by atoms with E-state index >= 15 is 0 Å². The summed E-state index contributed by atoms with van der Waals surface area (Å²) in [6, 6.07) is 11.3. The fraction of sp³-hybridized carbons (Fsp3) is 0.429. The van der Waals surface area contributed by atoms with Crippen molar-refractivity contribution in [3.63, 3.8) is 0 Å². The lowest BCUT2D eigenvalue weighted by molar-refractivity contribution is -0.915. The SMILES string of the molecule is C=CC[N+](C)(C)C(CC)c1ccccc1. The van der Waals surface area contributed by atoms with Gasteiger partial charge in [-0.25, -0.2) is 0 Å². The fourth-order valence-corrected chi connectivity index (χ4v) is 2.27. The van der Waals surface area contributed by atoms with E-state index in [9.17, 15) is 0 Å². The van der Waals surface area contributed by atoms with Gasteiger partial charge in [0.1, 0.15) is 6.04 Å².